The van der Waals surface area contributed by atoms with Crippen molar-refractivity contribution in [1.29, 1.82) is 0 Å². The normalized spacial score (nSPS) is 11.6. The highest BCUT2D eigenvalue weighted by molar-refractivity contribution is 7.90. The zero-order valence-corrected chi connectivity index (χ0v) is 12.2. The number of hydrogen-bond donors (Lipinski definition) is 0. The lowest BCUT2D eigenvalue weighted by Gasteiger charge is -2.16. The molecule has 0 atom stereocenters. The number of aromatic nitrogens is 2. The van der Waals surface area contributed by atoms with Crippen LogP contribution in [0.5, 0.6) is 5.75 Å². The summed E-state index contributed by atoms with van der Waals surface area (Å²) >= 11 is 0. The van der Waals surface area contributed by atoms with Gasteiger partial charge in [-0.05, 0) is 43.5 Å². The van der Waals surface area contributed by atoms with E-state index in [1.807, 2.05) is 13.8 Å². The first-order valence-electron chi connectivity index (χ1n) is 5.78. The Bertz CT molecular complexity index is 704. The van der Waals surface area contributed by atoms with E-state index in [4.69, 9.17) is 4.74 Å². The van der Waals surface area contributed by atoms with Crippen molar-refractivity contribution in [3.8, 4) is 5.75 Å². The van der Waals surface area contributed by atoms with Crippen LogP contribution in [-0.2, 0) is 10.0 Å². The number of rotatable bonds is 3. The maximum atomic E-state index is 12.5. The van der Waals surface area contributed by atoms with Crippen molar-refractivity contribution in [1.82, 2.24) is 8.96 Å². The number of ether oxygens (including phenoxy) is 1. The van der Waals surface area contributed by atoms with Gasteiger partial charge in [0.15, 0.2) is 0 Å². The van der Waals surface area contributed by atoms with E-state index < -0.39 is 10.0 Å². The second-order valence-electron chi connectivity index (χ2n) is 4.37. The maximum absolute atomic E-state index is 12.5. The predicted octanol–water partition coefficient (Wildman–Crippen LogP) is 2.05. The van der Waals surface area contributed by atoms with Gasteiger partial charge in [0.1, 0.15) is 12.1 Å². The zero-order chi connectivity index (χ0) is 14.2. The van der Waals surface area contributed by atoms with Gasteiger partial charge in [0.05, 0.1) is 12.0 Å². The molecule has 0 aliphatic heterocycles. The molecule has 19 heavy (non-hydrogen) atoms. The smallest absolute Gasteiger partial charge is 0.269 e. The van der Waals surface area contributed by atoms with Crippen LogP contribution < -0.4 is 4.74 Å². The van der Waals surface area contributed by atoms with Crippen LogP contribution in [0.1, 0.15) is 16.7 Å². The summed E-state index contributed by atoms with van der Waals surface area (Å²) in [5, 5.41) is 0. The van der Waals surface area contributed by atoms with Gasteiger partial charge < -0.3 is 4.74 Å². The van der Waals surface area contributed by atoms with Gasteiger partial charge in [-0.2, -0.15) is 0 Å². The maximum Gasteiger partial charge on any atom is 0.269 e. The molecule has 102 valence electrons. The molecule has 0 radical (unpaired) electrons. The first kappa shape index (κ1) is 13.6. The Labute approximate surface area is 112 Å². The second-order valence-corrected chi connectivity index (χ2v) is 6.18. The highest BCUT2D eigenvalue weighted by Gasteiger charge is 2.22. The van der Waals surface area contributed by atoms with Gasteiger partial charge in [0.2, 0.25) is 0 Å². The van der Waals surface area contributed by atoms with E-state index in [0.29, 0.717) is 5.56 Å². The van der Waals surface area contributed by atoms with Crippen LogP contribution in [0.25, 0.3) is 0 Å². The summed E-state index contributed by atoms with van der Waals surface area (Å²) in [5.74, 6) is 0.724. The lowest BCUT2D eigenvalue weighted by Crippen LogP contribution is -2.14. The molecular weight excluding hydrogens is 264 g/mol. The fraction of sp³-hybridized carbons (Fsp3) is 0.308. The van der Waals surface area contributed by atoms with E-state index in [1.54, 1.807) is 20.1 Å². The summed E-state index contributed by atoms with van der Waals surface area (Å²) < 4.78 is 31.4. The van der Waals surface area contributed by atoms with Crippen molar-refractivity contribution in [3.63, 3.8) is 0 Å². The fourth-order valence-electron chi connectivity index (χ4n) is 2.11. The summed E-state index contributed by atoms with van der Waals surface area (Å²) in [7, 11) is -2.02. The number of methoxy groups -OCH3 is 1. The molecule has 0 N–H and O–H groups in total. The summed E-state index contributed by atoms with van der Waals surface area (Å²) in [6, 6.07) is 1.64. The van der Waals surface area contributed by atoms with E-state index in [-0.39, 0.29) is 4.90 Å². The first-order chi connectivity index (χ1) is 8.89. The number of nitrogens with zero attached hydrogens (tertiary/aromatic N) is 2. The summed E-state index contributed by atoms with van der Waals surface area (Å²) in [6.45, 7) is 5.47. The minimum absolute atomic E-state index is 0.279. The summed E-state index contributed by atoms with van der Waals surface area (Å²) in [4.78, 5) is 4.06. The van der Waals surface area contributed by atoms with Crippen molar-refractivity contribution in [2.75, 3.05) is 7.11 Å². The van der Waals surface area contributed by atoms with Crippen LogP contribution in [0.3, 0.4) is 0 Å². The average molecular weight is 280 g/mol. The lowest BCUT2D eigenvalue weighted by atomic mass is 10.1. The highest BCUT2D eigenvalue weighted by atomic mass is 32.2. The van der Waals surface area contributed by atoms with Crippen LogP contribution in [0, 0.1) is 20.8 Å². The zero-order valence-electron chi connectivity index (χ0n) is 11.3. The molecule has 1 aromatic heterocycles. The predicted molar refractivity (Wildman–Crippen MR) is 72.0 cm³/mol. The van der Waals surface area contributed by atoms with Gasteiger partial charge in [0.25, 0.3) is 10.0 Å². The lowest BCUT2D eigenvalue weighted by molar-refractivity contribution is 0.407. The molecular formula is C13H16N2O3S. The van der Waals surface area contributed by atoms with Gasteiger partial charge >= 0.3 is 0 Å². The molecule has 0 aliphatic carbocycles. The summed E-state index contributed by atoms with van der Waals surface area (Å²) in [5.41, 5.74) is 2.32. The first-order valence-corrected chi connectivity index (χ1v) is 7.22. The van der Waals surface area contributed by atoms with Crippen LogP contribution in [-0.4, -0.2) is 24.5 Å². The molecule has 0 saturated carbocycles. The minimum Gasteiger partial charge on any atom is -0.496 e. The molecule has 0 aliphatic rings. The number of hydrogen-bond acceptors (Lipinski definition) is 4. The number of aryl methyl sites for hydroxylation is 1. The Hall–Kier alpha value is -1.82. The molecule has 6 heteroatoms. The van der Waals surface area contributed by atoms with E-state index in [1.165, 1.54) is 18.7 Å². The molecule has 0 spiro atoms. The molecule has 2 rings (SSSR count). The molecule has 0 fully saturated rings. The Morgan fingerprint density at radius 1 is 1.21 bits per heavy atom. The Kier molecular flexibility index (Phi) is 3.36. The molecule has 0 saturated heterocycles. The van der Waals surface area contributed by atoms with E-state index >= 15 is 0 Å². The molecule has 1 heterocycles. The van der Waals surface area contributed by atoms with Crippen LogP contribution in [0.15, 0.2) is 29.7 Å². The largest absolute Gasteiger partial charge is 0.496 e. The van der Waals surface area contributed by atoms with Gasteiger partial charge in [-0.15, -0.1) is 0 Å². The monoisotopic (exact) mass is 280 g/mol. The van der Waals surface area contributed by atoms with E-state index in [2.05, 4.69) is 4.98 Å². The van der Waals surface area contributed by atoms with Crippen molar-refractivity contribution in [2.45, 2.75) is 25.7 Å². The van der Waals surface area contributed by atoms with E-state index in [0.717, 1.165) is 20.8 Å². The SMILES string of the molecule is COc1c(C)cc(S(=O)(=O)n2ccnc2)c(C)c1C. The van der Waals surface area contributed by atoms with Crippen LogP contribution in [0.2, 0.25) is 0 Å². The van der Waals surface area contributed by atoms with Gasteiger partial charge in [0, 0.05) is 12.4 Å². The van der Waals surface area contributed by atoms with Crippen molar-refractivity contribution < 1.29 is 13.2 Å². The molecule has 1 aromatic carbocycles. The van der Waals surface area contributed by atoms with Gasteiger partial charge in [-0.1, -0.05) is 0 Å². The van der Waals surface area contributed by atoms with Crippen LogP contribution >= 0.6 is 0 Å². The summed E-state index contributed by atoms with van der Waals surface area (Å²) in [6.07, 6.45) is 4.14. The van der Waals surface area contributed by atoms with Gasteiger partial charge in [-0.25, -0.2) is 17.4 Å². The Morgan fingerprint density at radius 3 is 2.42 bits per heavy atom. The van der Waals surface area contributed by atoms with Gasteiger partial charge in [-0.3, -0.25) is 0 Å². The quantitative estimate of drug-likeness (QED) is 0.863. The average Bonchev–Trinajstić information content (AvgIpc) is 2.88. The molecule has 0 unspecified atom stereocenters. The third kappa shape index (κ3) is 2.12. The molecule has 2 aromatic rings. The van der Waals surface area contributed by atoms with E-state index in [9.17, 15) is 8.42 Å². The van der Waals surface area contributed by atoms with Crippen molar-refractivity contribution in [3.05, 3.63) is 41.5 Å². The molecule has 0 amide bonds. The fourth-order valence-corrected chi connectivity index (χ4v) is 3.59. The Balaban J connectivity index is 2.72. The Morgan fingerprint density at radius 2 is 1.89 bits per heavy atom. The van der Waals surface area contributed by atoms with Crippen LogP contribution in [0.4, 0.5) is 0 Å². The topological polar surface area (TPSA) is 61.2 Å². The third-order valence-electron chi connectivity index (χ3n) is 3.22. The highest BCUT2D eigenvalue weighted by Crippen LogP contribution is 2.31. The number of imidazole rings is 1. The number of benzene rings is 1. The molecule has 0 bridgehead atoms. The third-order valence-corrected chi connectivity index (χ3v) is 4.97. The second kappa shape index (κ2) is 4.70. The van der Waals surface area contributed by atoms with Crippen molar-refractivity contribution >= 4 is 10.0 Å². The minimum atomic E-state index is -3.60. The molecule has 5 nitrogen and oxygen atoms in total. The van der Waals surface area contributed by atoms with Crippen molar-refractivity contribution in [2.24, 2.45) is 0 Å². The standard InChI is InChI=1S/C13H16N2O3S/c1-9-7-12(10(2)11(3)13(9)18-4)19(16,17)15-6-5-14-8-15/h5-8H,1-4H3.